The van der Waals surface area contributed by atoms with Crippen LogP contribution in [-0.2, 0) is 10.0 Å². The first-order valence-electron chi connectivity index (χ1n) is 6.63. The molecule has 0 amide bonds. The van der Waals surface area contributed by atoms with E-state index >= 15 is 0 Å². The summed E-state index contributed by atoms with van der Waals surface area (Å²) in [7, 11) is -4.00. The number of alkyl halides is 3. The van der Waals surface area contributed by atoms with Crippen LogP contribution in [0.4, 0.5) is 13.2 Å². The number of nitriles is 1. The van der Waals surface area contributed by atoms with Crippen molar-refractivity contribution >= 4 is 10.0 Å². The molecule has 1 atom stereocenters. The molecule has 2 rings (SSSR count). The number of aromatic nitrogens is 2. The molecule has 0 aliphatic carbocycles. The summed E-state index contributed by atoms with van der Waals surface area (Å²) in [6.07, 6.45) is -3.56. The number of halogens is 3. The molecule has 1 aliphatic rings. The predicted molar refractivity (Wildman–Crippen MR) is 71.8 cm³/mol. The standard InChI is InChI=1S/C12H13F3N4O3S/c13-12(14,15)2-6-23(20,21)19-5-1-9(8-19)22-11-10(7-16)17-3-4-18-11/h3-4,9H,1-2,5-6,8H2/t9-/m1/s1. The summed E-state index contributed by atoms with van der Waals surface area (Å²) in [5, 5.41) is 8.87. The molecule has 0 N–H and O–H groups in total. The maximum atomic E-state index is 12.2. The SMILES string of the molecule is N#Cc1nccnc1O[C@@H]1CCN(S(=O)(=O)CCC(F)(F)F)C1. The first-order chi connectivity index (χ1) is 10.7. The van der Waals surface area contributed by atoms with E-state index < -0.39 is 34.5 Å². The van der Waals surface area contributed by atoms with Crippen LogP contribution >= 0.6 is 0 Å². The highest BCUT2D eigenvalue weighted by Gasteiger charge is 2.36. The molecule has 0 spiro atoms. The summed E-state index contributed by atoms with van der Waals surface area (Å²) >= 11 is 0. The van der Waals surface area contributed by atoms with E-state index in [4.69, 9.17) is 10.00 Å². The van der Waals surface area contributed by atoms with Crippen molar-refractivity contribution in [3.63, 3.8) is 0 Å². The topological polar surface area (TPSA) is 96.2 Å². The second-order valence-electron chi connectivity index (χ2n) is 4.89. The molecule has 7 nitrogen and oxygen atoms in total. The third-order valence-corrected chi connectivity index (χ3v) is 5.03. The van der Waals surface area contributed by atoms with Crippen LogP contribution in [0.3, 0.4) is 0 Å². The lowest BCUT2D eigenvalue weighted by Crippen LogP contribution is -2.34. The molecule has 1 saturated heterocycles. The van der Waals surface area contributed by atoms with Gasteiger partial charge in [-0.15, -0.1) is 0 Å². The van der Waals surface area contributed by atoms with Gasteiger partial charge in [0.25, 0.3) is 5.88 Å². The highest BCUT2D eigenvalue weighted by Crippen LogP contribution is 2.24. The van der Waals surface area contributed by atoms with Crippen molar-refractivity contribution in [2.24, 2.45) is 0 Å². The largest absolute Gasteiger partial charge is 0.471 e. The maximum absolute atomic E-state index is 12.2. The average molecular weight is 350 g/mol. The fourth-order valence-corrected chi connectivity index (χ4v) is 3.59. The molecule has 1 aliphatic heterocycles. The molecule has 2 heterocycles. The van der Waals surface area contributed by atoms with Crippen LogP contribution in [0.1, 0.15) is 18.5 Å². The van der Waals surface area contributed by atoms with Crippen molar-refractivity contribution in [3.8, 4) is 11.9 Å². The number of rotatable bonds is 5. The van der Waals surface area contributed by atoms with Gasteiger partial charge in [-0.3, -0.25) is 0 Å². The average Bonchev–Trinajstić information content (AvgIpc) is 2.95. The van der Waals surface area contributed by atoms with Gasteiger partial charge in [-0.2, -0.15) is 22.7 Å². The van der Waals surface area contributed by atoms with Gasteiger partial charge in [0.05, 0.1) is 18.7 Å². The van der Waals surface area contributed by atoms with E-state index in [2.05, 4.69) is 9.97 Å². The van der Waals surface area contributed by atoms with Gasteiger partial charge >= 0.3 is 6.18 Å². The maximum Gasteiger partial charge on any atom is 0.390 e. The minimum Gasteiger partial charge on any atom is -0.471 e. The Morgan fingerprint density at radius 3 is 2.74 bits per heavy atom. The summed E-state index contributed by atoms with van der Waals surface area (Å²) < 4.78 is 66.7. The second-order valence-corrected chi connectivity index (χ2v) is 6.98. The Labute approximate surface area is 130 Å². The van der Waals surface area contributed by atoms with Crippen molar-refractivity contribution in [1.29, 1.82) is 5.26 Å². The van der Waals surface area contributed by atoms with Crippen molar-refractivity contribution in [3.05, 3.63) is 18.1 Å². The van der Waals surface area contributed by atoms with Crippen LogP contribution < -0.4 is 4.74 Å². The Hall–Kier alpha value is -1.93. The Balaban J connectivity index is 1.97. The monoisotopic (exact) mass is 350 g/mol. The molecular formula is C12H13F3N4O3S. The highest BCUT2D eigenvalue weighted by atomic mass is 32.2. The van der Waals surface area contributed by atoms with E-state index in [0.29, 0.717) is 6.42 Å². The van der Waals surface area contributed by atoms with Crippen molar-refractivity contribution in [2.75, 3.05) is 18.8 Å². The number of hydrogen-bond acceptors (Lipinski definition) is 6. The zero-order valence-corrected chi connectivity index (χ0v) is 12.6. The zero-order chi connectivity index (χ0) is 17.1. The predicted octanol–water partition coefficient (Wildman–Crippen LogP) is 1.08. The van der Waals surface area contributed by atoms with Crippen LogP contribution in [-0.4, -0.2) is 53.8 Å². The summed E-state index contributed by atoms with van der Waals surface area (Å²) in [5.41, 5.74) is -0.0362. The van der Waals surface area contributed by atoms with Crippen molar-refractivity contribution < 1.29 is 26.3 Å². The first-order valence-corrected chi connectivity index (χ1v) is 8.24. The smallest absolute Gasteiger partial charge is 0.390 e. The molecule has 0 aromatic carbocycles. The van der Waals surface area contributed by atoms with Gasteiger partial charge in [0.2, 0.25) is 15.7 Å². The van der Waals surface area contributed by atoms with Crippen LogP contribution in [0.2, 0.25) is 0 Å². The highest BCUT2D eigenvalue weighted by molar-refractivity contribution is 7.89. The Kier molecular flexibility index (Phi) is 5.06. The van der Waals surface area contributed by atoms with Gasteiger partial charge in [0.1, 0.15) is 12.2 Å². The lowest BCUT2D eigenvalue weighted by molar-refractivity contribution is -0.130. The van der Waals surface area contributed by atoms with Crippen molar-refractivity contribution in [1.82, 2.24) is 14.3 Å². The lowest BCUT2D eigenvalue weighted by Gasteiger charge is -2.17. The summed E-state index contributed by atoms with van der Waals surface area (Å²) in [5.74, 6) is -1.01. The van der Waals surface area contributed by atoms with Crippen LogP contribution in [0.25, 0.3) is 0 Å². The van der Waals surface area contributed by atoms with Gasteiger partial charge in [-0.1, -0.05) is 0 Å². The lowest BCUT2D eigenvalue weighted by atomic mass is 10.3. The van der Waals surface area contributed by atoms with Gasteiger partial charge in [0.15, 0.2) is 0 Å². The van der Waals surface area contributed by atoms with Crippen LogP contribution in [0.15, 0.2) is 12.4 Å². The molecular weight excluding hydrogens is 337 g/mol. The number of hydrogen-bond donors (Lipinski definition) is 0. The Morgan fingerprint density at radius 1 is 1.39 bits per heavy atom. The molecule has 0 bridgehead atoms. The van der Waals surface area contributed by atoms with E-state index in [-0.39, 0.29) is 24.7 Å². The summed E-state index contributed by atoms with van der Waals surface area (Å²) in [6, 6.07) is 1.79. The van der Waals surface area contributed by atoms with E-state index in [9.17, 15) is 21.6 Å². The van der Waals surface area contributed by atoms with Gasteiger partial charge < -0.3 is 4.74 Å². The van der Waals surface area contributed by atoms with E-state index in [1.54, 1.807) is 6.07 Å². The molecule has 0 radical (unpaired) electrons. The van der Waals surface area contributed by atoms with E-state index in [0.717, 1.165) is 4.31 Å². The summed E-state index contributed by atoms with van der Waals surface area (Å²) in [6.45, 7) is -0.0192. The van der Waals surface area contributed by atoms with E-state index in [1.165, 1.54) is 12.4 Å². The molecule has 0 saturated carbocycles. The number of sulfonamides is 1. The van der Waals surface area contributed by atoms with E-state index in [1.807, 2.05) is 0 Å². The molecule has 1 aromatic heterocycles. The quantitative estimate of drug-likeness (QED) is 0.788. The fraction of sp³-hybridized carbons (Fsp3) is 0.583. The molecule has 1 fully saturated rings. The summed E-state index contributed by atoms with van der Waals surface area (Å²) in [4.78, 5) is 7.60. The minimum absolute atomic E-state index is 0.0189. The fourth-order valence-electron chi connectivity index (χ4n) is 2.07. The van der Waals surface area contributed by atoms with Gasteiger partial charge in [-0.25, -0.2) is 18.4 Å². The van der Waals surface area contributed by atoms with Gasteiger partial charge in [0, 0.05) is 18.9 Å². The van der Waals surface area contributed by atoms with Crippen molar-refractivity contribution in [2.45, 2.75) is 25.1 Å². The normalized spacial score (nSPS) is 19.5. The van der Waals surface area contributed by atoms with Gasteiger partial charge in [-0.05, 0) is 6.42 Å². The number of ether oxygens (including phenoxy) is 1. The molecule has 126 valence electrons. The first kappa shape index (κ1) is 17.4. The molecule has 11 heteroatoms. The minimum atomic E-state index is -4.52. The van der Waals surface area contributed by atoms with Crippen LogP contribution in [0.5, 0.6) is 5.88 Å². The number of nitrogens with zero attached hydrogens (tertiary/aromatic N) is 4. The Bertz CT molecular complexity index is 702. The second kappa shape index (κ2) is 6.67. The molecule has 1 aromatic rings. The molecule has 23 heavy (non-hydrogen) atoms. The molecule has 0 unspecified atom stereocenters. The third kappa shape index (κ3) is 4.77. The zero-order valence-electron chi connectivity index (χ0n) is 11.8. The Morgan fingerprint density at radius 2 is 2.09 bits per heavy atom. The van der Waals surface area contributed by atoms with Crippen LogP contribution in [0, 0.1) is 11.3 Å². The third-order valence-electron chi connectivity index (χ3n) is 3.19.